The van der Waals surface area contributed by atoms with Crippen LogP contribution in [-0.2, 0) is 22.4 Å². The Bertz CT molecular complexity index is 1470. The number of benzene rings is 3. The zero-order valence-electron chi connectivity index (χ0n) is 21.5. The molecule has 3 aromatic rings. The molecule has 1 saturated heterocycles. The van der Waals surface area contributed by atoms with Crippen LogP contribution in [0.4, 0.5) is 26.3 Å². The minimum absolute atomic E-state index is 0.110. The van der Waals surface area contributed by atoms with Crippen molar-refractivity contribution in [2.75, 3.05) is 19.7 Å². The van der Waals surface area contributed by atoms with Crippen LogP contribution in [0.3, 0.4) is 0 Å². The van der Waals surface area contributed by atoms with E-state index in [1.165, 1.54) is 0 Å². The van der Waals surface area contributed by atoms with Crippen LogP contribution >= 0.6 is 0 Å². The van der Waals surface area contributed by atoms with Crippen molar-refractivity contribution >= 4 is 10.0 Å². The first-order chi connectivity index (χ1) is 19.3. The molecule has 0 amide bonds. The molecule has 1 fully saturated rings. The number of nitrogens with one attached hydrogen (secondary N) is 1. The second-order valence-corrected chi connectivity index (χ2v) is 11.2. The second-order valence-electron chi connectivity index (χ2n) is 9.47. The normalized spacial score (nSPS) is 16.5. The van der Waals surface area contributed by atoms with Crippen LogP contribution in [0, 0.1) is 11.3 Å². The Morgan fingerprint density at radius 2 is 1.46 bits per heavy atom. The number of hydrogen-bond donors (Lipinski definition) is 1. The van der Waals surface area contributed by atoms with Crippen molar-refractivity contribution in [3.63, 3.8) is 0 Å². The van der Waals surface area contributed by atoms with E-state index in [1.54, 1.807) is 29.2 Å². The van der Waals surface area contributed by atoms with Gasteiger partial charge in [0.15, 0.2) is 0 Å². The van der Waals surface area contributed by atoms with Crippen LogP contribution in [0.15, 0.2) is 71.6 Å². The van der Waals surface area contributed by atoms with Crippen molar-refractivity contribution < 1.29 is 39.5 Å². The molecule has 1 atom stereocenters. The largest absolute Gasteiger partial charge is 0.494 e. The SMILES string of the molecule is N#Cc1ccc(-c2ccc(OCCCN3CCCC3NS(=O)(=O)c3cc(C(F)(F)F)cc(C(F)(F)F)c3)cc2)cc1. The van der Waals surface area contributed by atoms with Crippen LogP contribution in [-0.4, -0.2) is 39.2 Å². The van der Waals surface area contributed by atoms with E-state index in [9.17, 15) is 34.8 Å². The average molecular weight is 598 g/mol. The maximum absolute atomic E-state index is 13.2. The fraction of sp³-hybridized carbons (Fsp3) is 0.321. The summed E-state index contributed by atoms with van der Waals surface area (Å²) in [4.78, 5) is 0.673. The highest BCUT2D eigenvalue weighted by molar-refractivity contribution is 7.89. The summed E-state index contributed by atoms with van der Waals surface area (Å²) in [5.41, 5.74) is -0.945. The van der Waals surface area contributed by atoms with Gasteiger partial charge in [-0.1, -0.05) is 24.3 Å². The van der Waals surface area contributed by atoms with E-state index in [-0.39, 0.29) is 18.2 Å². The first kappa shape index (κ1) is 30.4. The van der Waals surface area contributed by atoms with E-state index in [2.05, 4.69) is 10.8 Å². The lowest BCUT2D eigenvalue weighted by atomic mass is 10.0. The first-order valence-electron chi connectivity index (χ1n) is 12.6. The molecule has 1 heterocycles. The number of nitrogens with zero attached hydrogens (tertiary/aromatic N) is 2. The number of rotatable bonds is 9. The third-order valence-corrected chi connectivity index (χ3v) is 8.03. The summed E-state index contributed by atoms with van der Waals surface area (Å²) in [6.07, 6.45) is -9.65. The van der Waals surface area contributed by atoms with Gasteiger partial charge in [0.25, 0.3) is 0 Å². The fourth-order valence-corrected chi connectivity index (χ4v) is 5.82. The van der Waals surface area contributed by atoms with Crippen LogP contribution < -0.4 is 9.46 Å². The van der Waals surface area contributed by atoms with Gasteiger partial charge in [0.2, 0.25) is 10.0 Å². The third-order valence-electron chi connectivity index (χ3n) is 6.59. The highest BCUT2D eigenvalue weighted by Crippen LogP contribution is 2.37. The van der Waals surface area contributed by atoms with Gasteiger partial charge in [-0.3, -0.25) is 4.90 Å². The molecule has 1 N–H and O–H groups in total. The molecule has 0 saturated carbocycles. The lowest BCUT2D eigenvalue weighted by Crippen LogP contribution is -2.44. The topological polar surface area (TPSA) is 82.4 Å². The van der Waals surface area contributed by atoms with Gasteiger partial charge < -0.3 is 4.74 Å². The molecule has 41 heavy (non-hydrogen) atoms. The lowest BCUT2D eigenvalue weighted by Gasteiger charge is -2.25. The Hall–Kier alpha value is -3.60. The highest BCUT2D eigenvalue weighted by atomic mass is 32.2. The van der Waals surface area contributed by atoms with Gasteiger partial charge >= 0.3 is 12.4 Å². The number of halogens is 6. The van der Waals surface area contributed by atoms with Gasteiger partial charge in [0.1, 0.15) is 5.75 Å². The summed E-state index contributed by atoms with van der Waals surface area (Å²) >= 11 is 0. The summed E-state index contributed by atoms with van der Waals surface area (Å²) in [7, 11) is -4.69. The molecule has 1 unspecified atom stereocenters. The van der Waals surface area contributed by atoms with Crippen molar-refractivity contribution in [1.29, 1.82) is 5.26 Å². The van der Waals surface area contributed by atoms with Crippen LogP contribution in [0.1, 0.15) is 36.0 Å². The van der Waals surface area contributed by atoms with Crippen molar-refractivity contribution in [1.82, 2.24) is 9.62 Å². The molecule has 0 radical (unpaired) electrons. The summed E-state index contributed by atoms with van der Waals surface area (Å²) in [6, 6.07) is 16.9. The van der Waals surface area contributed by atoms with Crippen LogP contribution in [0.2, 0.25) is 0 Å². The minimum Gasteiger partial charge on any atom is -0.494 e. The Labute approximate surface area is 233 Å². The molecule has 0 bridgehead atoms. The molecule has 1 aliphatic heterocycles. The van der Waals surface area contributed by atoms with Gasteiger partial charge in [0.05, 0.1) is 40.4 Å². The van der Waals surface area contributed by atoms with Gasteiger partial charge in [-0.25, -0.2) is 8.42 Å². The molecule has 1 aliphatic rings. The summed E-state index contributed by atoms with van der Waals surface area (Å²) in [5, 5.41) is 8.92. The Morgan fingerprint density at radius 1 is 0.902 bits per heavy atom. The van der Waals surface area contributed by atoms with Gasteiger partial charge in [0, 0.05) is 6.54 Å². The molecule has 13 heteroatoms. The smallest absolute Gasteiger partial charge is 0.416 e. The number of hydrogen-bond acceptors (Lipinski definition) is 5. The Kier molecular flexibility index (Phi) is 8.96. The van der Waals surface area contributed by atoms with Gasteiger partial charge in [-0.15, -0.1) is 0 Å². The quantitative estimate of drug-likeness (QED) is 0.227. The average Bonchev–Trinajstić information content (AvgIpc) is 3.36. The fourth-order valence-electron chi connectivity index (χ4n) is 4.49. The van der Waals surface area contributed by atoms with Gasteiger partial charge in [-0.05, 0) is 79.4 Å². The van der Waals surface area contributed by atoms with E-state index >= 15 is 0 Å². The third kappa shape index (κ3) is 7.78. The molecule has 3 aromatic carbocycles. The van der Waals surface area contributed by atoms with E-state index in [4.69, 9.17) is 10.00 Å². The molecule has 0 aromatic heterocycles. The molecular formula is C28H25F6N3O3S. The summed E-state index contributed by atoms with van der Waals surface area (Å²) in [6.45, 7) is 1.20. The summed E-state index contributed by atoms with van der Waals surface area (Å²) in [5.74, 6) is 0.617. The number of likely N-dealkylation sites (tertiary alicyclic amines) is 1. The second kappa shape index (κ2) is 12.1. The van der Waals surface area contributed by atoms with E-state index < -0.39 is 44.6 Å². The standard InChI is InChI=1S/C28H25F6N3O3S/c29-27(30,31)22-15-23(28(32,33)34)17-25(16-22)41(38,39)36-26-3-1-12-37(26)13-2-14-40-24-10-8-21(9-11-24)20-6-4-19(18-35)5-7-20/h4-11,15-17,26,36H,1-3,12-14H2. The minimum atomic E-state index is -5.16. The van der Waals surface area contributed by atoms with E-state index in [1.807, 2.05) is 24.3 Å². The number of sulfonamides is 1. The molecule has 218 valence electrons. The van der Waals surface area contributed by atoms with Crippen LogP contribution in [0.5, 0.6) is 5.75 Å². The van der Waals surface area contributed by atoms with Crippen molar-refractivity contribution in [3.05, 3.63) is 83.4 Å². The van der Waals surface area contributed by atoms with Gasteiger partial charge in [-0.2, -0.15) is 36.3 Å². The van der Waals surface area contributed by atoms with E-state index in [0.717, 1.165) is 11.1 Å². The molecule has 0 aliphatic carbocycles. The van der Waals surface area contributed by atoms with Crippen molar-refractivity contribution in [2.24, 2.45) is 0 Å². The number of alkyl halides is 6. The molecule has 0 spiro atoms. The maximum atomic E-state index is 13.2. The zero-order chi connectivity index (χ0) is 29.8. The zero-order valence-corrected chi connectivity index (χ0v) is 22.3. The molecular weight excluding hydrogens is 572 g/mol. The van der Waals surface area contributed by atoms with Crippen LogP contribution in [0.25, 0.3) is 11.1 Å². The Balaban J connectivity index is 1.34. The van der Waals surface area contributed by atoms with Crippen molar-refractivity contribution in [2.45, 2.75) is 42.7 Å². The van der Waals surface area contributed by atoms with E-state index in [0.29, 0.717) is 50.3 Å². The lowest BCUT2D eigenvalue weighted by molar-refractivity contribution is -0.143. The predicted octanol–water partition coefficient (Wildman–Crippen LogP) is 6.43. The first-order valence-corrected chi connectivity index (χ1v) is 14.0. The number of nitriles is 1. The summed E-state index contributed by atoms with van der Waals surface area (Å²) < 4.78 is 113. The number of ether oxygens (including phenoxy) is 1. The van der Waals surface area contributed by atoms with Crippen molar-refractivity contribution in [3.8, 4) is 22.9 Å². The molecule has 6 nitrogen and oxygen atoms in total. The Morgan fingerprint density at radius 3 is 2.00 bits per heavy atom. The monoisotopic (exact) mass is 597 g/mol. The highest BCUT2D eigenvalue weighted by Gasteiger charge is 2.39. The predicted molar refractivity (Wildman–Crippen MR) is 138 cm³/mol. The maximum Gasteiger partial charge on any atom is 0.416 e. The molecule has 4 rings (SSSR count).